The molecule has 14 heavy (non-hydrogen) atoms. The van der Waals surface area contributed by atoms with Crippen LogP contribution in [0, 0.1) is 5.92 Å². The summed E-state index contributed by atoms with van der Waals surface area (Å²) >= 11 is 0. The van der Waals surface area contributed by atoms with Gasteiger partial charge in [-0.15, -0.1) is 0 Å². The van der Waals surface area contributed by atoms with Crippen molar-refractivity contribution in [3.8, 4) is 0 Å². The summed E-state index contributed by atoms with van der Waals surface area (Å²) in [6.07, 6.45) is 1.75. The van der Waals surface area contributed by atoms with Crippen LogP contribution in [0.4, 0.5) is 0 Å². The van der Waals surface area contributed by atoms with Crippen molar-refractivity contribution < 1.29 is 19.4 Å². The second-order valence-electron chi connectivity index (χ2n) is 3.52. The third-order valence-electron chi connectivity index (χ3n) is 2.53. The van der Waals surface area contributed by atoms with E-state index < -0.39 is 11.9 Å². The Balaban J connectivity index is 2.36. The average molecular weight is 201 g/mol. The van der Waals surface area contributed by atoms with Crippen LogP contribution in [-0.4, -0.2) is 36.2 Å². The van der Waals surface area contributed by atoms with Crippen LogP contribution in [0.3, 0.4) is 0 Å². The van der Waals surface area contributed by atoms with Crippen molar-refractivity contribution in [3.05, 3.63) is 0 Å². The van der Waals surface area contributed by atoms with Gasteiger partial charge in [0.15, 0.2) is 0 Å². The molecule has 0 spiro atoms. The summed E-state index contributed by atoms with van der Waals surface area (Å²) in [7, 11) is 0. The van der Waals surface area contributed by atoms with Crippen LogP contribution in [0.1, 0.15) is 19.8 Å². The third-order valence-corrected chi connectivity index (χ3v) is 2.53. The highest BCUT2D eigenvalue weighted by Crippen LogP contribution is 2.18. The highest BCUT2D eigenvalue weighted by molar-refractivity contribution is 6.31. The summed E-state index contributed by atoms with van der Waals surface area (Å²) in [6.45, 7) is 3.22. The lowest BCUT2D eigenvalue weighted by Gasteiger charge is -2.27. The smallest absolute Gasteiger partial charge is 0.394 e. The molecule has 1 aliphatic heterocycles. The van der Waals surface area contributed by atoms with E-state index in [1.807, 2.05) is 6.92 Å². The molecule has 1 aliphatic rings. The Morgan fingerprint density at radius 1 is 1.43 bits per heavy atom. The summed E-state index contributed by atoms with van der Waals surface area (Å²) in [5.41, 5.74) is 0. The second kappa shape index (κ2) is 4.95. The van der Waals surface area contributed by atoms with Gasteiger partial charge in [0, 0.05) is 19.3 Å². The molecule has 0 aromatic carbocycles. The first-order chi connectivity index (χ1) is 6.61. The van der Waals surface area contributed by atoms with Gasteiger partial charge in [-0.05, 0) is 25.7 Å². The van der Waals surface area contributed by atoms with E-state index >= 15 is 0 Å². The van der Waals surface area contributed by atoms with Gasteiger partial charge in [-0.1, -0.05) is 0 Å². The van der Waals surface area contributed by atoms with Crippen LogP contribution in [-0.2, 0) is 14.3 Å². The Morgan fingerprint density at radius 2 is 2.00 bits per heavy atom. The molecule has 0 aromatic heterocycles. The lowest BCUT2D eigenvalue weighted by molar-refractivity contribution is -0.150. The van der Waals surface area contributed by atoms with Gasteiger partial charge in [-0.2, -0.15) is 0 Å². The highest BCUT2D eigenvalue weighted by Gasteiger charge is 2.23. The molecule has 0 aromatic rings. The lowest BCUT2D eigenvalue weighted by atomic mass is 9.93. The normalized spacial score (nSPS) is 20.1. The fourth-order valence-corrected chi connectivity index (χ4v) is 1.60. The number of nitrogens with one attached hydrogen (secondary N) is 1. The topological polar surface area (TPSA) is 75.6 Å². The van der Waals surface area contributed by atoms with E-state index in [-0.39, 0.29) is 6.04 Å². The van der Waals surface area contributed by atoms with Gasteiger partial charge in [-0.25, -0.2) is 4.79 Å². The van der Waals surface area contributed by atoms with Crippen LogP contribution in [0.15, 0.2) is 0 Å². The Morgan fingerprint density at radius 3 is 2.50 bits per heavy atom. The third kappa shape index (κ3) is 2.99. The maximum atomic E-state index is 10.9. The second-order valence-corrected chi connectivity index (χ2v) is 3.52. The van der Waals surface area contributed by atoms with Gasteiger partial charge in [0.2, 0.25) is 0 Å². The van der Waals surface area contributed by atoms with E-state index in [9.17, 15) is 9.59 Å². The molecular formula is C9H15NO4. The van der Waals surface area contributed by atoms with Crippen molar-refractivity contribution in [2.75, 3.05) is 13.2 Å². The van der Waals surface area contributed by atoms with E-state index in [0.717, 1.165) is 12.8 Å². The van der Waals surface area contributed by atoms with Crippen LogP contribution in [0.25, 0.3) is 0 Å². The van der Waals surface area contributed by atoms with E-state index in [4.69, 9.17) is 9.84 Å². The maximum Gasteiger partial charge on any atom is 0.394 e. The van der Waals surface area contributed by atoms with Crippen LogP contribution >= 0.6 is 0 Å². The molecule has 1 atom stereocenters. The number of amides is 1. The van der Waals surface area contributed by atoms with Crippen molar-refractivity contribution in [2.24, 2.45) is 5.92 Å². The fourth-order valence-electron chi connectivity index (χ4n) is 1.60. The average Bonchev–Trinajstić information content (AvgIpc) is 2.19. The molecular weight excluding hydrogens is 186 g/mol. The number of carboxylic acid groups (broad SMARTS) is 1. The Bertz CT molecular complexity index is 223. The van der Waals surface area contributed by atoms with Gasteiger partial charge < -0.3 is 15.2 Å². The SMILES string of the molecule is CC(NC(=O)C(=O)O)C1CCOCC1. The molecule has 1 saturated heterocycles. The number of aliphatic carboxylic acids is 1. The molecule has 1 fully saturated rings. The lowest BCUT2D eigenvalue weighted by Crippen LogP contribution is -2.43. The van der Waals surface area contributed by atoms with Crippen molar-refractivity contribution in [3.63, 3.8) is 0 Å². The Hall–Kier alpha value is -1.10. The molecule has 0 radical (unpaired) electrons. The molecule has 80 valence electrons. The number of hydrogen-bond acceptors (Lipinski definition) is 3. The summed E-state index contributed by atoms with van der Waals surface area (Å²) in [4.78, 5) is 21.1. The molecule has 0 aliphatic carbocycles. The van der Waals surface area contributed by atoms with Gasteiger partial charge in [0.1, 0.15) is 0 Å². The zero-order valence-corrected chi connectivity index (χ0v) is 8.16. The molecule has 1 rings (SSSR count). The first-order valence-corrected chi connectivity index (χ1v) is 4.73. The molecule has 1 heterocycles. The minimum Gasteiger partial charge on any atom is -0.474 e. The summed E-state index contributed by atoms with van der Waals surface area (Å²) in [5.74, 6) is -2.03. The first-order valence-electron chi connectivity index (χ1n) is 4.73. The summed E-state index contributed by atoms with van der Waals surface area (Å²) in [5, 5.41) is 10.8. The monoisotopic (exact) mass is 201 g/mol. The quantitative estimate of drug-likeness (QED) is 0.617. The maximum absolute atomic E-state index is 10.9. The van der Waals surface area contributed by atoms with Crippen LogP contribution in [0.2, 0.25) is 0 Å². The van der Waals surface area contributed by atoms with Crippen LogP contribution in [0.5, 0.6) is 0 Å². The summed E-state index contributed by atoms with van der Waals surface area (Å²) < 4.78 is 5.17. The van der Waals surface area contributed by atoms with E-state index in [2.05, 4.69) is 5.32 Å². The molecule has 1 amide bonds. The molecule has 1 unspecified atom stereocenters. The van der Waals surface area contributed by atoms with E-state index in [1.165, 1.54) is 0 Å². The zero-order valence-electron chi connectivity index (χ0n) is 8.16. The number of carbonyl (C=O) groups excluding carboxylic acids is 1. The number of rotatable bonds is 2. The molecule has 2 N–H and O–H groups in total. The van der Waals surface area contributed by atoms with Crippen LogP contribution < -0.4 is 5.32 Å². The number of carboxylic acids is 1. The number of hydrogen-bond donors (Lipinski definition) is 2. The molecule has 5 nitrogen and oxygen atoms in total. The zero-order chi connectivity index (χ0) is 10.6. The largest absolute Gasteiger partial charge is 0.474 e. The highest BCUT2D eigenvalue weighted by atomic mass is 16.5. The molecule has 5 heteroatoms. The fraction of sp³-hybridized carbons (Fsp3) is 0.778. The van der Waals surface area contributed by atoms with E-state index in [1.54, 1.807) is 0 Å². The van der Waals surface area contributed by atoms with Crippen molar-refractivity contribution >= 4 is 11.9 Å². The number of carbonyl (C=O) groups is 2. The van der Waals surface area contributed by atoms with Gasteiger partial charge in [-0.3, -0.25) is 4.79 Å². The van der Waals surface area contributed by atoms with Crippen molar-refractivity contribution in [1.82, 2.24) is 5.32 Å². The predicted molar refractivity (Wildman–Crippen MR) is 48.8 cm³/mol. The van der Waals surface area contributed by atoms with Crippen molar-refractivity contribution in [1.29, 1.82) is 0 Å². The van der Waals surface area contributed by atoms with Gasteiger partial charge in [0.25, 0.3) is 0 Å². The van der Waals surface area contributed by atoms with Gasteiger partial charge in [0.05, 0.1) is 0 Å². The number of ether oxygens (including phenoxy) is 1. The minimum absolute atomic E-state index is 0.0949. The molecule has 0 saturated carbocycles. The standard InChI is InChI=1S/C9H15NO4/c1-6(10-8(11)9(12)13)7-2-4-14-5-3-7/h6-7H,2-5H2,1H3,(H,10,11)(H,12,13). The van der Waals surface area contributed by atoms with Gasteiger partial charge >= 0.3 is 11.9 Å². The Labute approximate surface area is 82.4 Å². The van der Waals surface area contributed by atoms with Crippen molar-refractivity contribution in [2.45, 2.75) is 25.8 Å². The predicted octanol–water partition coefficient (Wildman–Crippen LogP) is 0.00230. The Kier molecular flexibility index (Phi) is 3.88. The van der Waals surface area contributed by atoms with E-state index in [0.29, 0.717) is 19.1 Å². The summed E-state index contributed by atoms with van der Waals surface area (Å²) in [6, 6.07) is -0.0949. The first kappa shape index (κ1) is 11.0. The molecule has 0 bridgehead atoms. The minimum atomic E-state index is -1.43.